The van der Waals surface area contributed by atoms with Crippen LogP contribution in [0.1, 0.15) is 29.8 Å². The Morgan fingerprint density at radius 2 is 1.95 bits per heavy atom. The number of amides is 1. The Morgan fingerprint density at radius 3 is 2.40 bits per heavy atom. The van der Waals surface area contributed by atoms with Gasteiger partial charge in [0, 0.05) is 22.4 Å². The molecule has 0 radical (unpaired) electrons. The molecule has 0 heterocycles. The van der Waals surface area contributed by atoms with Crippen LogP contribution < -0.4 is 0 Å². The van der Waals surface area contributed by atoms with Crippen molar-refractivity contribution in [1.29, 1.82) is 0 Å². The molecular weight excluding hydrogens is 403 g/mol. The zero-order chi connectivity index (χ0) is 15.5. The molecule has 1 amide bonds. The second-order valence-electron chi connectivity index (χ2n) is 4.47. The highest BCUT2D eigenvalue weighted by molar-refractivity contribution is 9.10. The van der Waals surface area contributed by atoms with E-state index in [9.17, 15) is 18.0 Å². The molecule has 0 aromatic heterocycles. The Balaban J connectivity index is 3.20. The lowest BCUT2D eigenvalue weighted by Crippen LogP contribution is -2.38. The smallest absolute Gasteiger partial charge is 0.335 e. The maximum atomic E-state index is 12.7. The van der Waals surface area contributed by atoms with Crippen molar-refractivity contribution in [2.45, 2.75) is 26.1 Å². The third-order valence-corrected chi connectivity index (χ3v) is 3.78. The first-order chi connectivity index (χ1) is 9.18. The van der Waals surface area contributed by atoms with Crippen molar-refractivity contribution in [2.24, 2.45) is 0 Å². The fourth-order valence-corrected chi connectivity index (χ4v) is 2.50. The van der Waals surface area contributed by atoms with Crippen LogP contribution in [0.3, 0.4) is 0 Å². The van der Waals surface area contributed by atoms with Gasteiger partial charge in [0.05, 0.1) is 11.1 Å². The average Bonchev–Trinajstić information content (AvgIpc) is 2.34. The van der Waals surface area contributed by atoms with Crippen molar-refractivity contribution in [3.8, 4) is 0 Å². The van der Waals surface area contributed by atoms with E-state index >= 15 is 0 Å². The summed E-state index contributed by atoms with van der Waals surface area (Å²) in [6.07, 6.45) is -4.46. The van der Waals surface area contributed by atoms with Crippen LogP contribution in [-0.4, -0.2) is 28.7 Å². The van der Waals surface area contributed by atoms with Crippen molar-refractivity contribution >= 4 is 37.8 Å². The lowest BCUT2D eigenvalue weighted by Gasteiger charge is -2.26. The lowest BCUT2D eigenvalue weighted by atomic mass is 10.1. The number of carbonyl (C=O) groups is 1. The normalized spacial score (nSPS) is 11.8. The summed E-state index contributed by atoms with van der Waals surface area (Å²) in [6, 6.07) is 2.99. The molecule has 0 atom stereocenters. The highest BCUT2D eigenvalue weighted by atomic mass is 79.9. The van der Waals surface area contributed by atoms with Crippen LogP contribution in [0.15, 0.2) is 22.7 Å². The molecule has 0 spiro atoms. The second-order valence-corrected chi connectivity index (χ2v) is 6.12. The molecule has 0 aliphatic rings. The van der Waals surface area contributed by atoms with Crippen LogP contribution in [0, 0.1) is 0 Å². The predicted octanol–water partition coefficient (Wildman–Crippen LogP) is 4.71. The van der Waals surface area contributed by atoms with Gasteiger partial charge in [0.15, 0.2) is 0 Å². The molecule has 0 saturated carbocycles. The summed E-state index contributed by atoms with van der Waals surface area (Å²) in [7, 11) is 0. The monoisotopic (exact) mass is 415 g/mol. The maximum absolute atomic E-state index is 12.7. The van der Waals surface area contributed by atoms with E-state index in [0.29, 0.717) is 16.3 Å². The van der Waals surface area contributed by atoms with E-state index in [4.69, 9.17) is 0 Å². The molecule has 0 unspecified atom stereocenters. The Morgan fingerprint density at radius 1 is 1.35 bits per heavy atom. The molecule has 2 nitrogen and oxygen atoms in total. The number of benzene rings is 1. The van der Waals surface area contributed by atoms with Crippen LogP contribution in [0.5, 0.6) is 0 Å². The Labute approximate surface area is 132 Å². The highest BCUT2D eigenvalue weighted by Gasteiger charge is 2.32. The zero-order valence-electron chi connectivity index (χ0n) is 11.0. The van der Waals surface area contributed by atoms with Crippen molar-refractivity contribution in [2.75, 3.05) is 11.9 Å². The maximum Gasteiger partial charge on any atom is 0.416 e. The van der Waals surface area contributed by atoms with E-state index in [1.165, 1.54) is 11.0 Å². The Hall–Kier alpha value is -0.560. The predicted molar refractivity (Wildman–Crippen MR) is 79.1 cm³/mol. The van der Waals surface area contributed by atoms with Crippen LogP contribution in [0.2, 0.25) is 0 Å². The standard InChI is InChI=1S/C13H14Br2F3NO/c1-8(2)19(6-5-14)12(20)10-7-9(13(16,17)18)3-4-11(10)15/h3-4,7-8H,5-6H2,1-2H3. The largest absolute Gasteiger partial charge is 0.416 e. The molecule has 7 heteroatoms. The van der Waals surface area contributed by atoms with Crippen LogP contribution in [-0.2, 0) is 6.18 Å². The van der Waals surface area contributed by atoms with E-state index in [1.54, 1.807) is 0 Å². The summed E-state index contributed by atoms with van der Waals surface area (Å²) in [5.74, 6) is -0.419. The zero-order valence-corrected chi connectivity index (χ0v) is 14.1. The molecular formula is C13H14Br2F3NO. The summed E-state index contributed by atoms with van der Waals surface area (Å²) in [5.41, 5.74) is -0.805. The minimum atomic E-state index is -4.46. The number of nitrogens with zero attached hydrogens (tertiary/aromatic N) is 1. The summed E-state index contributed by atoms with van der Waals surface area (Å²) >= 11 is 6.38. The van der Waals surface area contributed by atoms with Crippen molar-refractivity contribution in [1.82, 2.24) is 4.90 Å². The van der Waals surface area contributed by atoms with Gasteiger partial charge in [-0.25, -0.2) is 0 Å². The number of rotatable bonds is 4. The summed E-state index contributed by atoms with van der Waals surface area (Å²) in [4.78, 5) is 13.9. The lowest BCUT2D eigenvalue weighted by molar-refractivity contribution is -0.137. The third-order valence-electron chi connectivity index (χ3n) is 2.73. The van der Waals surface area contributed by atoms with Gasteiger partial charge in [0.2, 0.25) is 0 Å². The molecule has 1 rings (SSSR count). The first-order valence-corrected chi connectivity index (χ1v) is 7.83. The van der Waals surface area contributed by atoms with E-state index < -0.39 is 17.6 Å². The Bertz CT molecular complexity index is 489. The van der Waals surface area contributed by atoms with E-state index in [0.717, 1.165) is 12.1 Å². The van der Waals surface area contributed by atoms with Gasteiger partial charge < -0.3 is 4.90 Å². The topological polar surface area (TPSA) is 20.3 Å². The van der Waals surface area contributed by atoms with E-state index in [-0.39, 0.29) is 11.6 Å². The quantitative estimate of drug-likeness (QED) is 0.650. The van der Waals surface area contributed by atoms with Gasteiger partial charge in [-0.15, -0.1) is 0 Å². The van der Waals surface area contributed by atoms with Crippen LogP contribution >= 0.6 is 31.9 Å². The molecule has 0 saturated heterocycles. The molecule has 20 heavy (non-hydrogen) atoms. The van der Waals surface area contributed by atoms with Crippen LogP contribution in [0.25, 0.3) is 0 Å². The molecule has 112 valence electrons. The highest BCUT2D eigenvalue weighted by Crippen LogP contribution is 2.32. The summed E-state index contributed by atoms with van der Waals surface area (Å²) in [5, 5.41) is 0.563. The minimum absolute atomic E-state index is 0.0227. The average molecular weight is 417 g/mol. The number of carbonyl (C=O) groups excluding carboxylic acids is 1. The molecule has 0 fully saturated rings. The molecule has 0 aliphatic carbocycles. The van der Waals surface area contributed by atoms with E-state index in [2.05, 4.69) is 31.9 Å². The van der Waals surface area contributed by atoms with Gasteiger partial charge in [-0.1, -0.05) is 15.9 Å². The molecule has 1 aromatic carbocycles. The fourth-order valence-electron chi connectivity index (χ4n) is 1.71. The number of hydrogen-bond donors (Lipinski definition) is 0. The first kappa shape index (κ1) is 17.5. The molecule has 1 aromatic rings. The number of halogens is 5. The third kappa shape index (κ3) is 4.22. The SMILES string of the molecule is CC(C)N(CCBr)C(=O)c1cc(C(F)(F)F)ccc1Br. The van der Waals surface area contributed by atoms with Gasteiger partial charge in [0.1, 0.15) is 0 Å². The van der Waals surface area contributed by atoms with Gasteiger partial charge in [-0.05, 0) is 48.0 Å². The van der Waals surface area contributed by atoms with Gasteiger partial charge in [0.25, 0.3) is 5.91 Å². The van der Waals surface area contributed by atoms with E-state index in [1.807, 2.05) is 13.8 Å². The minimum Gasteiger partial charge on any atom is -0.335 e. The summed E-state index contributed by atoms with van der Waals surface area (Å²) < 4.78 is 38.5. The van der Waals surface area contributed by atoms with Gasteiger partial charge >= 0.3 is 6.18 Å². The fraction of sp³-hybridized carbons (Fsp3) is 0.462. The van der Waals surface area contributed by atoms with Gasteiger partial charge in [-0.2, -0.15) is 13.2 Å². The second kappa shape index (κ2) is 6.93. The summed E-state index contributed by atoms with van der Waals surface area (Å²) in [6.45, 7) is 4.07. The molecule has 0 bridgehead atoms. The molecule has 0 N–H and O–H groups in total. The van der Waals surface area contributed by atoms with Crippen molar-refractivity contribution in [3.63, 3.8) is 0 Å². The molecule has 0 aliphatic heterocycles. The van der Waals surface area contributed by atoms with Gasteiger partial charge in [-0.3, -0.25) is 4.79 Å². The van der Waals surface area contributed by atoms with Crippen LogP contribution in [0.4, 0.5) is 13.2 Å². The van der Waals surface area contributed by atoms with Crippen molar-refractivity contribution in [3.05, 3.63) is 33.8 Å². The number of hydrogen-bond acceptors (Lipinski definition) is 1. The first-order valence-electron chi connectivity index (χ1n) is 5.92. The van der Waals surface area contributed by atoms with Crippen molar-refractivity contribution < 1.29 is 18.0 Å². The number of alkyl halides is 4. The Kier molecular flexibility index (Phi) is 6.06.